The van der Waals surface area contributed by atoms with E-state index >= 15 is 0 Å². The first-order valence-electron chi connectivity index (χ1n) is 7.04. The van der Waals surface area contributed by atoms with Gasteiger partial charge in [0.15, 0.2) is 0 Å². The molecule has 1 aromatic carbocycles. The predicted molar refractivity (Wildman–Crippen MR) is 83.2 cm³/mol. The summed E-state index contributed by atoms with van der Waals surface area (Å²) in [7, 11) is -3.43. The normalized spacial score (nSPS) is 13.2. The number of benzene rings is 1. The highest BCUT2D eigenvalue weighted by Gasteiger charge is 2.16. The third kappa shape index (κ3) is 5.11. The van der Waals surface area contributed by atoms with Crippen molar-refractivity contribution in [2.45, 2.75) is 31.6 Å². The summed E-state index contributed by atoms with van der Waals surface area (Å²) in [6, 6.07) is 6.96. The summed E-state index contributed by atoms with van der Waals surface area (Å²) >= 11 is 0. The average Bonchev–Trinajstić information content (AvgIpc) is 2.43. The van der Waals surface area contributed by atoms with Gasteiger partial charge in [0.25, 0.3) is 0 Å². The number of sulfonamides is 1. The van der Waals surface area contributed by atoms with Gasteiger partial charge in [-0.1, -0.05) is 26.0 Å². The first-order chi connectivity index (χ1) is 9.51. The van der Waals surface area contributed by atoms with E-state index in [0.29, 0.717) is 29.6 Å². The lowest BCUT2D eigenvalue weighted by molar-refractivity contribution is 0.529. The van der Waals surface area contributed by atoms with Crippen molar-refractivity contribution in [2.24, 2.45) is 11.7 Å². The molecule has 0 amide bonds. The summed E-state index contributed by atoms with van der Waals surface area (Å²) in [5.41, 5.74) is 6.22. The molecule has 1 rings (SSSR count). The molecule has 0 saturated carbocycles. The van der Waals surface area contributed by atoms with E-state index in [2.05, 4.69) is 17.0 Å². The molecule has 0 bridgehead atoms. The second-order valence-corrected chi connectivity index (χ2v) is 6.64. The van der Waals surface area contributed by atoms with Crippen LogP contribution < -0.4 is 15.8 Å². The monoisotopic (exact) mass is 299 g/mol. The Labute approximate surface area is 122 Å². The molecule has 20 heavy (non-hydrogen) atoms. The summed E-state index contributed by atoms with van der Waals surface area (Å²) in [5.74, 6) is 0.498. The summed E-state index contributed by atoms with van der Waals surface area (Å²) in [6.07, 6.45) is 2.00. The quantitative estimate of drug-likeness (QED) is 0.607. The van der Waals surface area contributed by atoms with Gasteiger partial charge in [-0.25, -0.2) is 13.1 Å². The van der Waals surface area contributed by atoms with Gasteiger partial charge in [0, 0.05) is 13.1 Å². The number of hydrogen-bond donors (Lipinski definition) is 3. The van der Waals surface area contributed by atoms with E-state index in [9.17, 15) is 8.42 Å². The Morgan fingerprint density at radius 1 is 1.30 bits per heavy atom. The fourth-order valence-electron chi connectivity index (χ4n) is 1.91. The SMILES string of the molecule is CCNS(=O)(=O)c1ccccc1NCCCC(C)CN. The Kier molecular flexibility index (Phi) is 6.98. The molecular weight excluding hydrogens is 274 g/mol. The van der Waals surface area contributed by atoms with E-state index in [-0.39, 0.29) is 0 Å². The van der Waals surface area contributed by atoms with E-state index in [1.165, 1.54) is 0 Å². The number of rotatable bonds is 9. The van der Waals surface area contributed by atoms with Gasteiger partial charge in [-0.05, 0) is 37.4 Å². The van der Waals surface area contributed by atoms with Gasteiger partial charge in [0.1, 0.15) is 4.90 Å². The lowest BCUT2D eigenvalue weighted by Crippen LogP contribution is -2.24. The third-order valence-corrected chi connectivity index (χ3v) is 4.71. The second kappa shape index (κ2) is 8.24. The van der Waals surface area contributed by atoms with Crippen LogP contribution in [0.25, 0.3) is 0 Å². The minimum atomic E-state index is -3.43. The van der Waals surface area contributed by atoms with Gasteiger partial charge in [-0.15, -0.1) is 0 Å². The van der Waals surface area contributed by atoms with Gasteiger partial charge in [0.2, 0.25) is 10.0 Å². The molecular formula is C14H25N3O2S. The fourth-order valence-corrected chi connectivity index (χ4v) is 3.13. The minimum absolute atomic E-state index is 0.300. The van der Waals surface area contributed by atoms with Gasteiger partial charge in [-0.2, -0.15) is 0 Å². The maximum Gasteiger partial charge on any atom is 0.242 e. The lowest BCUT2D eigenvalue weighted by Gasteiger charge is -2.13. The van der Waals surface area contributed by atoms with E-state index in [4.69, 9.17) is 5.73 Å². The number of para-hydroxylation sites is 1. The fraction of sp³-hybridized carbons (Fsp3) is 0.571. The Morgan fingerprint density at radius 3 is 2.65 bits per heavy atom. The molecule has 0 aliphatic rings. The van der Waals surface area contributed by atoms with Crippen molar-refractivity contribution in [1.29, 1.82) is 0 Å². The van der Waals surface area contributed by atoms with Crippen molar-refractivity contribution in [1.82, 2.24) is 4.72 Å². The molecule has 5 nitrogen and oxygen atoms in total. The molecule has 1 unspecified atom stereocenters. The topological polar surface area (TPSA) is 84.2 Å². The Hall–Kier alpha value is -1.11. The number of hydrogen-bond acceptors (Lipinski definition) is 4. The zero-order chi connectivity index (χ0) is 15.0. The van der Waals surface area contributed by atoms with Crippen LogP contribution in [0.2, 0.25) is 0 Å². The van der Waals surface area contributed by atoms with Crippen LogP contribution in [0.5, 0.6) is 0 Å². The Morgan fingerprint density at radius 2 is 2.00 bits per heavy atom. The lowest BCUT2D eigenvalue weighted by atomic mass is 10.1. The van der Waals surface area contributed by atoms with E-state index < -0.39 is 10.0 Å². The van der Waals surface area contributed by atoms with Crippen LogP contribution >= 0.6 is 0 Å². The first-order valence-corrected chi connectivity index (χ1v) is 8.52. The number of nitrogens with one attached hydrogen (secondary N) is 2. The van der Waals surface area contributed by atoms with Crippen molar-refractivity contribution in [3.8, 4) is 0 Å². The summed E-state index contributed by atoms with van der Waals surface area (Å²) in [5, 5.41) is 3.20. The summed E-state index contributed by atoms with van der Waals surface area (Å²) in [6.45, 7) is 5.68. The molecule has 0 fully saturated rings. The average molecular weight is 299 g/mol. The Bertz CT molecular complexity index is 503. The molecule has 114 valence electrons. The highest BCUT2D eigenvalue weighted by atomic mass is 32.2. The van der Waals surface area contributed by atoms with Crippen molar-refractivity contribution in [2.75, 3.05) is 25.0 Å². The van der Waals surface area contributed by atoms with Crippen LogP contribution in [-0.4, -0.2) is 28.1 Å². The van der Waals surface area contributed by atoms with Crippen LogP contribution in [0.4, 0.5) is 5.69 Å². The molecule has 0 saturated heterocycles. The summed E-state index contributed by atoms with van der Waals surface area (Å²) in [4.78, 5) is 0.300. The largest absolute Gasteiger partial charge is 0.384 e. The van der Waals surface area contributed by atoms with Gasteiger partial charge >= 0.3 is 0 Å². The van der Waals surface area contributed by atoms with Crippen molar-refractivity contribution in [3.63, 3.8) is 0 Å². The molecule has 0 aliphatic carbocycles. The van der Waals surface area contributed by atoms with Gasteiger partial charge in [0.05, 0.1) is 5.69 Å². The molecule has 0 aliphatic heterocycles. The Balaban J connectivity index is 2.67. The van der Waals surface area contributed by atoms with Crippen molar-refractivity contribution < 1.29 is 8.42 Å². The molecule has 0 aromatic heterocycles. The third-order valence-electron chi connectivity index (χ3n) is 3.10. The predicted octanol–water partition coefficient (Wildman–Crippen LogP) is 1.77. The highest BCUT2D eigenvalue weighted by molar-refractivity contribution is 7.89. The van der Waals surface area contributed by atoms with E-state index in [1.54, 1.807) is 25.1 Å². The molecule has 1 aromatic rings. The van der Waals surface area contributed by atoms with Crippen LogP contribution in [0.15, 0.2) is 29.2 Å². The minimum Gasteiger partial charge on any atom is -0.384 e. The zero-order valence-corrected chi connectivity index (χ0v) is 13.0. The highest BCUT2D eigenvalue weighted by Crippen LogP contribution is 2.20. The van der Waals surface area contributed by atoms with Crippen LogP contribution in [0.3, 0.4) is 0 Å². The van der Waals surface area contributed by atoms with Gasteiger partial charge < -0.3 is 11.1 Å². The van der Waals surface area contributed by atoms with Crippen LogP contribution in [0.1, 0.15) is 26.7 Å². The van der Waals surface area contributed by atoms with Crippen LogP contribution in [-0.2, 0) is 10.0 Å². The maximum absolute atomic E-state index is 12.1. The standard InChI is InChI=1S/C14H25N3O2S/c1-3-17-20(18,19)14-9-5-4-8-13(14)16-10-6-7-12(2)11-15/h4-5,8-9,12,16-17H,3,6-7,10-11,15H2,1-2H3. The van der Waals surface area contributed by atoms with Crippen LogP contribution in [0, 0.1) is 5.92 Å². The zero-order valence-electron chi connectivity index (χ0n) is 12.2. The van der Waals surface area contributed by atoms with Crippen molar-refractivity contribution in [3.05, 3.63) is 24.3 Å². The smallest absolute Gasteiger partial charge is 0.242 e. The van der Waals surface area contributed by atoms with E-state index in [0.717, 1.165) is 19.4 Å². The van der Waals surface area contributed by atoms with Gasteiger partial charge in [-0.3, -0.25) is 0 Å². The molecule has 6 heteroatoms. The molecule has 0 radical (unpaired) electrons. The maximum atomic E-state index is 12.1. The summed E-state index contributed by atoms with van der Waals surface area (Å²) < 4.78 is 26.7. The second-order valence-electron chi connectivity index (χ2n) is 4.91. The van der Waals surface area contributed by atoms with Crippen molar-refractivity contribution >= 4 is 15.7 Å². The molecule has 1 atom stereocenters. The molecule has 0 heterocycles. The molecule has 4 N–H and O–H groups in total. The van der Waals surface area contributed by atoms with E-state index in [1.807, 2.05) is 6.07 Å². The molecule has 0 spiro atoms. The number of anilines is 1. The first kappa shape index (κ1) is 16.9. The number of nitrogens with two attached hydrogens (primary N) is 1.